The van der Waals surface area contributed by atoms with Crippen LogP contribution < -0.4 is 11.1 Å². The third-order valence-electron chi connectivity index (χ3n) is 3.01. The highest BCUT2D eigenvalue weighted by molar-refractivity contribution is 7.80. The van der Waals surface area contributed by atoms with Crippen LogP contribution in [0.2, 0.25) is 5.02 Å². The predicted molar refractivity (Wildman–Crippen MR) is 90.7 cm³/mol. The Morgan fingerprint density at radius 2 is 1.90 bits per heavy atom. The molecule has 2 aromatic carbocycles. The molecule has 0 bridgehead atoms. The monoisotopic (exact) mass is 318 g/mol. The number of benzene rings is 2. The van der Waals surface area contributed by atoms with Gasteiger partial charge in [-0.3, -0.25) is 4.79 Å². The quantitative estimate of drug-likeness (QED) is 0.829. The molecule has 0 aliphatic heterocycles. The van der Waals surface area contributed by atoms with E-state index in [2.05, 4.69) is 5.32 Å². The first-order chi connectivity index (χ1) is 10.1. The maximum atomic E-state index is 11.9. The Bertz CT molecular complexity index is 659. The molecule has 0 aliphatic rings. The van der Waals surface area contributed by atoms with Crippen molar-refractivity contribution in [3.05, 3.63) is 64.7 Å². The lowest BCUT2D eigenvalue weighted by atomic mass is 10.1. The molecule has 0 unspecified atom stereocenters. The molecule has 0 saturated heterocycles. The number of rotatable bonds is 5. The number of nitrogens with one attached hydrogen (secondary N) is 1. The highest BCUT2D eigenvalue weighted by Crippen LogP contribution is 2.23. The van der Waals surface area contributed by atoms with Gasteiger partial charge in [0.1, 0.15) is 4.99 Å². The summed E-state index contributed by atoms with van der Waals surface area (Å²) in [5.74, 6) is -0.0798. The number of nitrogens with two attached hydrogens (primary N) is 1. The molecule has 108 valence electrons. The van der Waals surface area contributed by atoms with Crippen LogP contribution in [0.4, 0.5) is 5.69 Å². The lowest BCUT2D eigenvalue weighted by Crippen LogP contribution is -2.14. The van der Waals surface area contributed by atoms with Crippen molar-refractivity contribution in [3.8, 4) is 0 Å². The number of carbonyl (C=O) groups is 1. The van der Waals surface area contributed by atoms with E-state index < -0.39 is 0 Å². The summed E-state index contributed by atoms with van der Waals surface area (Å²) in [4.78, 5) is 12.2. The van der Waals surface area contributed by atoms with E-state index >= 15 is 0 Å². The molecule has 0 aromatic heterocycles. The van der Waals surface area contributed by atoms with Gasteiger partial charge >= 0.3 is 0 Å². The first-order valence-electron chi connectivity index (χ1n) is 6.49. The van der Waals surface area contributed by atoms with Crippen molar-refractivity contribution in [2.45, 2.75) is 12.8 Å². The van der Waals surface area contributed by atoms with Gasteiger partial charge in [0.15, 0.2) is 0 Å². The fraction of sp³-hybridized carbons (Fsp3) is 0.125. The summed E-state index contributed by atoms with van der Waals surface area (Å²) < 4.78 is 0. The third kappa shape index (κ3) is 4.55. The summed E-state index contributed by atoms with van der Waals surface area (Å²) in [6.07, 6.45) is 1.09. The summed E-state index contributed by atoms with van der Waals surface area (Å²) >= 11 is 11.0. The lowest BCUT2D eigenvalue weighted by Gasteiger charge is -2.08. The van der Waals surface area contributed by atoms with Gasteiger partial charge in [-0.2, -0.15) is 0 Å². The molecule has 0 saturated carbocycles. The van der Waals surface area contributed by atoms with Crippen molar-refractivity contribution in [2.75, 3.05) is 5.32 Å². The topological polar surface area (TPSA) is 55.1 Å². The van der Waals surface area contributed by atoms with Gasteiger partial charge < -0.3 is 11.1 Å². The largest absolute Gasteiger partial charge is 0.389 e. The molecular weight excluding hydrogens is 304 g/mol. The molecule has 2 aromatic rings. The molecule has 2 rings (SSSR count). The molecular formula is C16H15ClN2OS. The Labute approximate surface area is 134 Å². The summed E-state index contributed by atoms with van der Waals surface area (Å²) in [6, 6.07) is 15.0. The molecule has 0 heterocycles. The van der Waals surface area contributed by atoms with E-state index in [1.165, 1.54) is 0 Å². The zero-order valence-electron chi connectivity index (χ0n) is 11.3. The van der Waals surface area contributed by atoms with Crippen LogP contribution >= 0.6 is 23.8 Å². The van der Waals surface area contributed by atoms with Gasteiger partial charge in [-0.1, -0.05) is 54.2 Å². The standard InChI is InChI=1S/C16H15ClN2OS/c17-13-10-12(16(18)21)7-8-14(13)19-15(20)9-6-11-4-2-1-3-5-11/h1-5,7-8,10H,6,9H2,(H2,18,21)(H,19,20). The Kier molecular flexibility index (Phi) is 5.31. The summed E-state index contributed by atoms with van der Waals surface area (Å²) in [6.45, 7) is 0. The molecule has 3 nitrogen and oxygen atoms in total. The SMILES string of the molecule is NC(=S)c1ccc(NC(=O)CCc2ccccc2)c(Cl)c1. The average Bonchev–Trinajstić information content (AvgIpc) is 2.48. The second-order valence-corrected chi connectivity index (χ2v) is 5.44. The van der Waals surface area contributed by atoms with Crippen LogP contribution in [-0.4, -0.2) is 10.9 Å². The maximum Gasteiger partial charge on any atom is 0.224 e. The molecule has 0 radical (unpaired) electrons. The van der Waals surface area contributed by atoms with E-state index in [1.807, 2.05) is 30.3 Å². The number of amides is 1. The van der Waals surface area contributed by atoms with E-state index in [9.17, 15) is 4.79 Å². The van der Waals surface area contributed by atoms with Crippen LogP contribution in [0, 0.1) is 0 Å². The van der Waals surface area contributed by atoms with Gasteiger partial charge in [0, 0.05) is 12.0 Å². The van der Waals surface area contributed by atoms with Crippen LogP contribution in [0.25, 0.3) is 0 Å². The molecule has 0 fully saturated rings. The van der Waals surface area contributed by atoms with Gasteiger partial charge in [-0.15, -0.1) is 0 Å². The Morgan fingerprint density at radius 1 is 1.19 bits per heavy atom. The molecule has 0 spiro atoms. The zero-order valence-corrected chi connectivity index (χ0v) is 12.9. The lowest BCUT2D eigenvalue weighted by molar-refractivity contribution is -0.116. The minimum Gasteiger partial charge on any atom is -0.389 e. The second-order valence-electron chi connectivity index (χ2n) is 4.59. The van der Waals surface area contributed by atoms with E-state index in [0.29, 0.717) is 29.1 Å². The van der Waals surface area contributed by atoms with Crippen LogP contribution in [-0.2, 0) is 11.2 Å². The molecule has 3 N–H and O–H groups in total. The van der Waals surface area contributed by atoms with Crippen LogP contribution in [0.3, 0.4) is 0 Å². The molecule has 1 amide bonds. The Morgan fingerprint density at radius 3 is 2.52 bits per heavy atom. The van der Waals surface area contributed by atoms with Gasteiger partial charge in [0.2, 0.25) is 5.91 Å². The minimum atomic E-state index is -0.0798. The van der Waals surface area contributed by atoms with Crippen LogP contribution in [0.1, 0.15) is 17.5 Å². The van der Waals surface area contributed by atoms with E-state index in [1.54, 1.807) is 18.2 Å². The maximum absolute atomic E-state index is 11.9. The van der Waals surface area contributed by atoms with Crippen molar-refractivity contribution in [3.63, 3.8) is 0 Å². The van der Waals surface area contributed by atoms with E-state index in [-0.39, 0.29) is 10.9 Å². The highest BCUT2D eigenvalue weighted by Gasteiger charge is 2.08. The molecule has 5 heteroatoms. The van der Waals surface area contributed by atoms with E-state index in [4.69, 9.17) is 29.6 Å². The third-order valence-corrected chi connectivity index (χ3v) is 3.56. The minimum absolute atomic E-state index is 0.0798. The summed E-state index contributed by atoms with van der Waals surface area (Å²) in [7, 11) is 0. The van der Waals surface area contributed by atoms with Crippen LogP contribution in [0.5, 0.6) is 0 Å². The van der Waals surface area contributed by atoms with Gasteiger partial charge in [0.05, 0.1) is 10.7 Å². The van der Waals surface area contributed by atoms with Crippen molar-refractivity contribution in [1.29, 1.82) is 0 Å². The Hall–Kier alpha value is -1.91. The molecule has 0 aliphatic carbocycles. The first kappa shape index (κ1) is 15.5. The highest BCUT2D eigenvalue weighted by atomic mass is 35.5. The van der Waals surface area contributed by atoms with Gasteiger partial charge in [-0.25, -0.2) is 0 Å². The number of aryl methyl sites for hydroxylation is 1. The fourth-order valence-corrected chi connectivity index (χ4v) is 2.24. The first-order valence-corrected chi connectivity index (χ1v) is 7.28. The van der Waals surface area contributed by atoms with Crippen molar-refractivity contribution >= 4 is 40.4 Å². The number of carbonyl (C=O) groups excluding carboxylic acids is 1. The predicted octanol–water partition coefficient (Wildman–Crippen LogP) is 3.55. The number of halogens is 1. The normalized spacial score (nSPS) is 10.1. The zero-order chi connectivity index (χ0) is 15.2. The Balaban J connectivity index is 1.95. The smallest absolute Gasteiger partial charge is 0.224 e. The van der Waals surface area contributed by atoms with Crippen molar-refractivity contribution < 1.29 is 4.79 Å². The number of hydrogen-bond donors (Lipinski definition) is 2. The number of anilines is 1. The molecule has 0 atom stereocenters. The van der Waals surface area contributed by atoms with Crippen LogP contribution in [0.15, 0.2) is 48.5 Å². The number of hydrogen-bond acceptors (Lipinski definition) is 2. The summed E-state index contributed by atoms with van der Waals surface area (Å²) in [5, 5.41) is 3.22. The van der Waals surface area contributed by atoms with Crippen molar-refractivity contribution in [1.82, 2.24) is 0 Å². The van der Waals surface area contributed by atoms with Crippen molar-refractivity contribution in [2.24, 2.45) is 5.73 Å². The average molecular weight is 319 g/mol. The summed E-state index contributed by atoms with van der Waals surface area (Å²) in [5.41, 5.74) is 7.90. The van der Waals surface area contributed by atoms with E-state index in [0.717, 1.165) is 5.56 Å². The van der Waals surface area contributed by atoms with Gasteiger partial charge in [-0.05, 0) is 30.2 Å². The second kappa shape index (κ2) is 7.20. The number of thiocarbonyl (C=S) groups is 1. The van der Waals surface area contributed by atoms with Gasteiger partial charge in [0.25, 0.3) is 0 Å². The fourth-order valence-electron chi connectivity index (χ4n) is 1.88. The molecule has 21 heavy (non-hydrogen) atoms.